The summed E-state index contributed by atoms with van der Waals surface area (Å²) in [5.41, 5.74) is 0. The molecule has 2 unspecified atom stereocenters. The Balaban J connectivity index is 4.25. The van der Waals surface area contributed by atoms with Crippen LogP contribution in [0, 0.1) is 0 Å². The summed E-state index contributed by atoms with van der Waals surface area (Å²) in [7, 11) is -1.42. The summed E-state index contributed by atoms with van der Waals surface area (Å²) in [6.07, 6.45) is 8.87. The van der Waals surface area contributed by atoms with Crippen LogP contribution in [0.3, 0.4) is 0 Å². The van der Waals surface area contributed by atoms with E-state index in [0.29, 0.717) is 0 Å². The molecule has 0 amide bonds. The molecular weight excluding hydrogens is 418 g/mol. The van der Waals surface area contributed by atoms with Crippen molar-refractivity contribution >= 4 is 8.80 Å². The molecular formula is C22H50NO7Si+. The number of quaternary nitrogens is 1. The van der Waals surface area contributed by atoms with Crippen molar-refractivity contribution in [3.63, 3.8) is 0 Å². The van der Waals surface area contributed by atoms with Gasteiger partial charge in [-0.05, 0) is 25.7 Å². The zero-order chi connectivity index (χ0) is 23.4. The lowest BCUT2D eigenvalue weighted by molar-refractivity contribution is -0.910. The van der Waals surface area contributed by atoms with E-state index in [1.807, 2.05) is 0 Å². The summed E-state index contributed by atoms with van der Waals surface area (Å²) in [5.74, 6) is 0. The number of unbranched alkanes of at least 4 members (excludes halogenated alkanes) is 5. The van der Waals surface area contributed by atoms with Gasteiger partial charge in [0.25, 0.3) is 0 Å². The minimum atomic E-state index is -3.72. The summed E-state index contributed by atoms with van der Waals surface area (Å²) in [6, 6.07) is 0.284. The Kier molecular flexibility index (Phi) is 19.3. The van der Waals surface area contributed by atoms with Crippen molar-refractivity contribution in [1.82, 2.24) is 0 Å². The molecule has 2 atom stereocenters. The summed E-state index contributed by atoms with van der Waals surface area (Å²) >= 11 is 0. The lowest BCUT2D eigenvalue weighted by atomic mass is 10.1. The highest BCUT2D eigenvalue weighted by Gasteiger charge is 2.33. The maximum atomic E-state index is 10.3. The highest BCUT2D eigenvalue weighted by molar-refractivity contribution is 6.57. The van der Waals surface area contributed by atoms with Gasteiger partial charge in [-0.1, -0.05) is 33.1 Å². The highest BCUT2D eigenvalue weighted by Crippen LogP contribution is 2.16. The first kappa shape index (κ1) is 30.9. The molecule has 9 heteroatoms. The third-order valence-electron chi connectivity index (χ3n) is 5.57. The van der Waals surface area contributed by atoms with Gasteiger partial charge in [0.2, 0.25) is 0 Å². The third kappa shape index (κ3) is 18.1. The van der Waals surface area contributed by atoms with Crippen molar-refractivity contribution in [3.05, 3.63) is 0 Å². The molecule has 0 saturated heterocycles. The molecule has 0 fully saturated rings. The smallest absolute Gasteiger partial charge is 0.394 e. The van der Waals surface area contributed by atoms with Gasteiger partial charge in [0.05, 0.1) is 66.3 Å². The average Bonchev–Trinajstić information content (AvgIpc) is 2.73. The van der Waals surface area contributed by atoms with Crippen LogP contribution in [0.15, 0.2) is 0 Å². The van der Waals surface area contributed by atoms with Crippen molar-refractivity contribution < 1.29 is 38.2 Å². The Hall–Kier alpha value is -0.103. The maximum absolute atomic E-state index is 10.3. The van der Waals surface area contributed by atoms with Gasteiger partial charge in [-0.25, -0.2) is 0 Å². The van der Waals surface area contributed by atoms with E-state index in [1.165, 1.54) is 44.9 Å². The highest BCUT2D eigenvalue weighted by atomic mass is 28.4. The van der Waals surface area contributed by atoms with Crippen LogP contribution in [0.25, 0.3) is 0 Å². The number of rotatable bonds is 23. The van der Waals surface area contributed by atoms with Gasteiger partial charge in [-0.2, -0.15) is 0 Å². The zero-order valence-corrected chi connectivity index (χ0v) is 21.3. The second-order valence-electron chi connectivity index (χ2n) is 8.73. The summed E-state index contributed by atoms with van der Waals surface area (Å²) in [6.45, 7) is 7.93. The van der Waals surface area contributed by atoms with Crippen LogP contribution < -0.4 is 0 Å². The van der Waals surface area contributed by atoms with E-state index >= 15 is 0 Å². The third-order valence-corrected chi connectivity index (χ3v) is 7.24. The van der Waals surface area contributed by atoms with Gasteiger partial charge in [0, 0.05) is 12.5 Å². The Morgan fingerprint density at radius 3 is 2.03 bits per heavy atom. The van der Waals surface area contributed by atoms with Crippen LogP contribution in [-0.4, -0.2) is 106 Å². The number of nitrogens with zero attached hydrogens (tertiary/aromatic N) is 1. The number of aliphatic hydroxyl groups is 2. The molecule has 0 aliphatic carbocycles. The molecule has 0 aromatic carbocycles. The molecule has 31 heavy (non-hydrogen) atoms. The molecule has 0 aliphatic heterocycles. The van der Waals surface area contributed by atoms with Gasteiger partial charge in [0.15, 0.2) is 0 Å². The van der Waals surface area contributed by atoms with E-state index in [1.54, 1.807) is 0 Å². The second-order valence-corrected chi connectivity index (χ2v) is 11.0. The van der Waals surface area contributed by atoms with Crippen LogP contribution in [0.1, 0.15) is 65.2 Å². The first-order valence-electron chi connectivity index (χ1n) is 12.2. The van der Waals surface area contributed by atoms with Crippen LogP contribution in [-0.2, 0) is 13.9 Å². The lowest BCUT2D eigenvalue weighted by Crippen LogP contribution is -2.48. The number of ether oxygens (including phenoxy) is 2. The predicted molar refractivity (Wildman–Crippen MR) is 125 cm³/mol. The van der Waals surface area contributed by atoms with E-state index in [-0.39, 0.29) is 45.7 Å². The maximum Gasteiger partial charge on any atom is 0.495 e. The van der Waals surface area contributed by atoms with Crippen molar-refractivity contribution in [2.24, 2.45) is 0 Å². The fourth-order valence-corrected chi connectivity index (χ4v) is 4.79. The van der Waals surface area contributed by atoms with E-state index in [4.69, 9.17) is 19.0 Å². The van der Waals surface area contributed by atoms with E-state index in [2.05, 4.69) is 20.9 Å². The first-order chi connectivity index (χ1) is 14.8. The summed E-state index contributed by atoms with van der Waals surface area (Å²) < 4.78 is 16.9. The Bertz CT molecular complexity index is 404. The number of hydrogen-bond acceptors (Lipinski definition) is 7. The number of hydrogen-bond donors (Lipinski definition) is 4. The molecule has 0 aromatic heterocycles. The van der Waals surface area contributed by atoms with Crippen molar-refractivity contribution in [2.75, 3.05) is 66.3 Å². The Morgan fingerprint density at radius 1 is 0.806 bits per heavy atom. The Morgan fingerprint density at radius 2 is 1.42 bits per heavy atom. The van der Waals surface area contributed by atoms with E-state index in [0.717, 1.165) is 30.5 Å². The average molecular weight is 469 g/mol. The minimum Gasteiger partial charge on any atom is -0.394 e. The molecule has 188 valence electrons. The second kappa shape index (κ2) is 19.4. The largest absolute Gasteiger partial charge is 0.495 e. The minimum absolute atomic E-state index is 0.0648. The standard InChI is InChI=1S/C22H50NO7Si/c1-4-6-8-10-13-23(3,12-9-7-5-2)14-11-19-31(26,27)30-18-17-29-22(20-25)21-28-16-15-24/h22,24-27H,4-21H2,1-3H3/q+1. The zero-order valence-electron chi connectivity index (χ0n) is 20.3. The molecule has 0 saturated carbocycles. The van der Waals surface area contributed by atoms with E-state index in [9.17, 15) is 14.7 Å². The van der Waals surface area contributed by atoms with Gasteiger partial charge in [0.1, 0.15) is 6.10 Å². The number of aliphatic hydroxyl groups excluding tert-OH is 2. The lowest BCUT2D eigenvalue weighted by Gasteiger charge is -2.35. The van der Waals surface area contributed by atoms with Crippen LogP contribution in [0.5, 0.6) is 0 Å². The normalized spacial score (nSPS) is 15.2. The molecule has 0 rings (SSSR count). The summed E-state index contributed by atoms with van der Waals surface area (Å²) in [4.78, 5) is 20.6. The Labute approximate surface area is 191 Å². The topological polar surface area (TPSA) is 109 Å². The molecule has 0 aliphatic rings. The SMILES string of the molecule is CCCCCC[N+](C)(CCCCC)CCC[Si](O)(O)OCCOC(CO)COCCO. The molecule has 0 spiro atoms. The van der Waals surface area contributed by atoms with Gasteiger partial charge in [-0.15, -0.1) is 0 Å². The van der Waals surface area contributed by atoms with E-state index < -0.39 is 14.9 Å². The van der Waals surface area contributed by atoms with Gasteiger partial charge < -0.3 is 38.2 Å². The fourth-order valence-electron chi connectivity index (χ4n) is 3.62. The summed E-state index contributed by atoms with van der Waals surface area (Å²) in [5, 5.41) is 17.9. The van der Waals surface area contributed by atoms with Crippen molar-refractivity contribution in [3.8, 4) is 0 Å². The van der Waals surface area contributed by atoms with Crippen LogP contribution in [0.4, 0.5) is 0 Å². The molecule has 8 nitrogen and oxygen atoms in total. The van der Waals surface area contributed by atoms with Crippen molar-refractivity contribution in [2.45, 2.75) is 77.4 Å². The van der Waals surface area contributed by atoms with Crippen molar-refractivity contribution in [1.29, 1.82) is 0 Å². The molecule has 0 heterocycles. The van der Waals surface area contributed by atoms with Crippen LogP contribution in [0.2, 0.25) is 6.04 Å². The molecule has 0 bridgehead atoms. The van der Waals surface area contributed by atoms with Gasteiger partial charge >= 0.3 is 8.80 Å². The fraction of sp³-hybridized carbons (Fsp3) is 1.00. The quantitative estimate of drug-likeness (QED) is 0.103. The molecule has 4 N–H and O–H groups in total. The predicted octanol–water partition coefficient (Wildman–Crippen LogP) is 1.92. The molecule has 0 radical (unpaired) electrons. The molecule has 0 aromatic rings. The first-order valence-corrected chi connectivity index (χ1v) is 14.2. The monoisotopic (exact) mass is 468 g/mol. The van der Waals surface area contributed by atoms with Gasteiger partial charge in [-0.3, -0.25) is 0 Å². The van der Waals surface area contributed by atoms with Crippen LogP contribution >= 0.6 is 0 Å².